The van der Waals surface area contributed by atoms with Crippen LogP contribution in [0.5, 0.6) is 5.75 Å². The Kier molecular flexibility index (Phi) is 5.36. The molecule has 9 nitrogen and oxygen atoms in total. The summed E-state index contributed by atoms with van der Waals surface area (Å²) in [4.78, 5) is 27.2. The summed E-state index contributed by atoms with van der Waals surface area (Å²) in [5.74, 6) is 1.28. The van der Waals surface area contributed by atoms with Gasteiger partial charge in [0, 0.05) is 18.2 Å². The molecule has 1 aliphatic heterocycles. The van der Waals surface area contributed by atoms with Gasteiger partial charge in [-0.25, -0.2) is 9.28 Å². The van der Waals surface area contributed by atoms with E-state index in [2.05, 4.69) is 10.3 Å². The molecule has 0 spiro atoms. The molecule has 4 rings (SSSR count). The van der Waals surface area contributed by atoms with Gasteiger partial charge in [0.1, 0.15) is 11.5 Å². The summed E-state index contributed by atoms with van der Waals surface area (Å²) in [5.41, 5.74) is 3.21. The molecule has 162 valence electrons. The maximum absolute atomic E-state index is 13.2. The van der Waals surface area contributed by atoms with Crippen LogP contribution in [0.4, 0.5) is 10.5 Å². The Labute approximate surface area is 180 Å². The summed E-state index contributed by atoms with van der Waals surface area (Å²) >= 11 is 0. The molecule has 0 saturated carbocycles. The second kappa shape index (κ2) is 7.99. The molecule has 1 saturated heterocycles. The lowest BCUT2D eigenvalue weighted by Gasteiger charge is -2.25. The van der Waals surface area contributed by atoms with E-state index in [1.165, 1.54) is 4.90 Å². The van der Waals surface area contributed by atoms with Crippen molar-refractivity contribution in [1.29, 1.82) is 0 Å². The van der Waals surface area contributed by atoms with Crippen molar-refractivity contribution in [2.45, 2.75) is 26.8 Å². The highest BCUT2D eigenvalue weighted by molar-refractivity contribution is 6.16. The molecule has 9 heteroatoms. The van der Waals surface area contributed by atoms with E-state index in [1.54, 1.807) is 31.2 Å². The first kappa shape index (κ1) is 20.8. The largest absolute Gasteiger partial charge is 0.496 e. The Morgan fingerprint density at radius 3 is 2.71 bits per heavy atom. The average molecular weight is 424 g/mol. The number of amides is 3. The van der Waals surface area contributed by atoms with Crippen LogP contribution in [0.25, 0.3) is 0 Å². The lowest BCUT2D eigenvalue weighted by molar-refractivity contribution is -0.814. The Morgan fingerprint density at radius 2 is 2.00 bits per heavy atom. The predicted molar refractivity (Wildman–Crippen MR) is 113 cm³/mol. The third-order valence-electron chi connectivity index (χ3n) is 5.83. The number of ether oxygens (including phenoxy) is 1. The number of rotatable bonds is 7. The van der Waals surface area contributed by atoms with Crippen molar-refractivity contribution in [1.82, 2.24) is 14.9 Å². The molecule has 0 N–H and O–H groups in total. The fraction of sp³-hybridized carbons (Fsp3) is 0.364. The molecule has 3 amide bonds. The number of carbonyl (C=O) groups excluding carboxylic acids is 2. The average Bonchev–Trinajstić information content (AvgIpc) is 3.40. The number of nitrogens with zero attached hydrogens (tertiary/aromatic N) is 5. The molecule has 1 aliphatic rings. The predicted octanol–water partition coefficient (Wildman–Crippen LogP) is 2.70. The second-order valence-electron chi connectivity index (χ2n) is 8.05. The number of methoxy groups -OCH3 is 1. The number of aryl methyl sites for hydroxylation is 2. The minimum Gasteiger partial charge on any atom is -0.496 e. The van der Waals surface area contributed by atoms with Crippen molar-refractivity contribution < 1.29 is 23.3 Å². The van der Waals surface area contributed by atoms with Crippen LogP contribution in [0.2, 0.25) is 0 Å². The molecule has 1 atom stereocenters. The third kappa shape index (κ3) is 3.84. The van der Waals surface area contributed by atoms with Crippen molar-refractivity contribution in [2.24, 2.45) is 0 Å². The first-order chi connectivity index (χ1) is 14.8. The topological polar surface area (TPSA) is 90.5 Å². The molecule has 2 aromatic heterocycles. The van der Waals surface area contributed by atoms with Gasteiger partial charge in [-0.2, -0.15) is 10.00 Å². The Bertz CT molecular complexity index is 1120. The number of carbonyl (C=O) groups is 2. The maximum atomic E-state index is 13.2. The van der Waals surface area contributed by atoms with Gasteiger partial charge in [-0.1, -0.05) is 23.4 Å². The van der Waals surface area contributed by atoms with Gasteiger partial charge in [0.25, 0.3) is 5.91 Å². The van der Waals surface area contributed by atoms with E-state index in [0.29, 0.717) is 25.2 Å². The van der Waals surface area contributed by atoms with Gasteiger partial charge in [0.15, 0.2) is 6.54 Å². The SMILES string of the molecule is COc1ccccc1CC[N+]1(C)CC(=O)N(c2cnn(Cc3c(C)noc3C)c2)C1=O. The molecule has 3 aromatic rings. The minimum absolute atomic E-state index is 0.00588. The summed E-state index contributed by atoms with van der Waals surface area (Å²) in [6.07, 6.45) is 3.88. The fourth-order valence-corrected chi connectivity index (χ4v) is 3.94. The van der Waals surface area contributed by atoms with Gasteiger partial charge in [0.2, 0.25) is 0 Å². The smallest absolute Gasteiger partial charge is 0.430 e. The lowest BCUT2D eigenvalue weighted by Crippen LogP contribution is -2.48. The number of para-hydroxylation sites is 1. The van der Waals surface area contributed by atoms with Gasteiger partial charge in [0.05, 0.1) is 44.8 Å². The van der Waals surface area contributed by atoms with E-state index in [9.17, 15) is 9.59 Å². The van der Waals surface area contributed by atoms with E-state index in [0.717, 1.165) is 28.3 Å². The van der Waals surface area contributed by atoms with E-state index in [1.807, 2.05) is 38.1 Å². The highest BCUT2D eigenvalue weighted by atomic mass is 16.5. The summed E-state index contributed by atoms with van der Waals surface area (Å²) < 4.78 is 12.3. The van der Waals surface area contributed by atoms with Gasteiger partial charge >= 0.3 is 6.03 Å². The van der Waals surface area contributed by atoms with E-state index in [-0.39, 0.29) is 23.0 Å². The molecule has 0 bridgehead atoms. The quantitative estimate of drug-likeness (QED) is 0.428. The molecule has 0 radical (unpaired) electrons. The summed E-state index contributed by atoms with van der Waals surface area (Å²) in [6.45, 7) is 4.78. The molecular weight excluding hydrogens is 398 g/mol. The summed E-state index contributed by atoms with van der Waals surface area (Å²) in [5, 5.41) is 8.28. The van der Waals surface area contributed by atoms with Crippen molar-refractivity contribution in [3.63, 3.8) is 0 Å². The van der Waals surface area contributed by atoms with Crippen LogP contribution in [0, 0.1) is 13.8 Å². The number of anilines is 1. The van der Waals surface area contributed by atoms with Gasteiger partial charge in [-0.15, -0.1) is 0 Å². The molecule has 31 heavy (non-hydrogen) atoms. The Balaban J connectivity index is 1.50. The van der Waals surface area contributed by atoms with Crippen LogP contribution >= 0.6 is 0 Å². The van der Waals surface area contributed by atoms with Crippen LogP contribution in [0.3, 0.4) is 0 Å². The molecule has 3 heterocycles. The molecule has 1 fully saturated rings. The van der Waals surface area contributed by atoms with Crippen LogP contribution < -0.4 is 9.64 Å². The highest BCUT2D eigenvalue weighted by Crippen LogP contribution is 2.27. The zero-order valence-corrected chi connectivity index (χ0v) is 18.2. The number of imide groups is 1. The van der Waals surface area contributed by atoms with Crippen LogP contribution in [0.15, 0.2) is 41.2 Å². The van der Waals surface area contributed by atoms with Crippen LogP contribution in [-0.4, -0.2) is 58.6 Å². The number of hydrogen-bond donors (Lipinski definition) is 0. The summed E-state index contributed by atoms with van der Waals surface area (Å²) in [7, 11) is 3.42. The van der Waals surface area contributed by atoms with Crippen LogP contribution in [0.1, 0.15) is 22.6 Å². The molecule has 1 unspecified atom stereocenters. The number of urea groups is 1. The van der Waals surface area contributed by atoms with Crippen molar-refractivity contribution >= 4 is 17.6 Å². The Hall–Kier alpha value is -3.46. The van der Waals surface area contributed by atoms with Gasteiger partial charge in [-0.05, 0) is 25.5 Å². The lowest BCUT2D eigenvalue weighted by atomic mass is 10.1. The fourth-order valence-electron chi connectivity index (χ4n) is 3.94. The second-order valence-corrected chi connectivity index (χ2v) is 8.05. The van der Waals surface area contributed by atoms with Crippen molar-refractivity contribution in [2.75, 3.05) is 32.1 Å². The first-order valence-corrected chi connectivity index (χ1v) is 10.1. The number of aromatic nitrogens is 3. The van der Waals surface area contributed by atoms with E-state index < -0.39 is 0 Å². The number of quaternary nitrogens is 1. The maximum Gasteiger partial charge on any atom is 0.430 e. The monoisotopic (exact) mass is 424 g/mol. The normalized spacial score (nSPS) is 18.8. The Morgan fingerprint density at radius 1 is 1.23 bits per heavy atom. The standard InChI is InChI=1S/C22H26N5O4/c1-15-19(16(2)31-24-15)13-25-12-18(11-23-25)26-21(28)14-27(3,22(26)29)10-9-17-7-5-6-8-20(17)30-4/h5-8,11-12H,9-10,13-14H2,1-4H3/q+1. The summed E-state index contributed by atoms with van der Waals surface area (Å²) in [6, 6.07) is 7.46. The first-order valence-electron chi connectivity index (χ1n) is 10.1. The third-order valence-corrected chi connectivity index (χ3v) is 5.83. The number of benzene rings is 1. The molecule has 0 aliphatic carbocycles. The molecule has 1 aromatic carbocycles. The van der Waals surface area contributed by atoms with E-state index >= 15 is 0 Å². The van der Waals surface area contributed by atoms with Gasteiger partial charge in [-0.3, -0.25) is 9.48 Å². The van der Waals surface area contributed by atoms with Gasteiger partial charge < -0.3 is 9.26 Å². The van der Waals surface area contributed by atoms with Crippen LogP contribution in [-0.2, 0) is 17.8 Å². The van der Waals surface area contributed by atoms with Crippen molar-refractivity contribution in [3.8, 4) is 5.75 Å². The van der Waals surface area contributed by atoms with Crippen molar-refractivity contribution in [3.05, 3.63) is 59.2 Å². The number of hydrogen-bond acceptors (Lipinski definition) is 6. The number of likely N-dealkylation sites (N-methyl/N-ethyl adjacent to an activating group) is 1. The minimum atomic E-state index is -0.253. The zero-order chi connectivity index (χ0) is 22.2. The zero-order valence-electron chi connectivity index (χ0n) is 18.2. The highest BCUT2D eigenvalue weighted by Gasteiger charge is 2.50. The van der Waals surface area contributed by atoms with E-state index in [4.69, 9.17) is 9.26 Å². The molecular formula is C22H26N5O4+.